The number of methoxy groups -OCH3 is 2. The molecule has 0 amide bonds. The third-order valence-electron chi connectivity index (χ3n) is 2.15. The summed E-state index contributed by atoms with van der Waals surface area (Å²) < 4.78 is 10.2. The Morgan fingerprint density at radius 1 is 1.24 bits per heavy atom. The number of hydrogen-bond donors (Lipinski definition) is 0. The number of Topliss-reactive ketones (excluding diaryl/α,β-unsaturated/α-hetero) is 2. The van der Waals surface area contributed by atoms with Crippen LogP contribution in [0.4, 0.5) is 0 Å². The van der Waals surface area contributed by atoms with Gasteiger partial charge in [0.15, 0.2) is 17.3 Å². The zero-order chi connectivity index (χ0) is 13.0. The highest BCUT2D eigenvalue weighted by molar-refractivity contribution is 6.31. The number of ether oxygens (including phenoxy) is 2. The van der Waals surface area contributed by atoms with Crippen molar-refractivity contribution in [3.63, 3.8) is 0 Å². The minimum absolute atomic E-state index is 0.181. The SMILES string of the molecule is COc1cc(Cl)cc(C(=O)CC(C)=O)c1OC. The molecule has 0 aliphatic rings. The largest absolute Gasteiger partial charge is 0.493 e. The highest BCUT2D eigenvalue weighted by atomic mass is 35.5. The van der Waals surface area contributed by atoms with Crippen LogP contribution in [0.5, 0.6) is 11.5 Å². The molecule has 0 aliphatic carbocycles. The predicted molar refractivity (Wildman–Crippen MR) is 64.2 cm³/mol. The van der Waals surface area contributed by atoms with Crippen molar-refractivity contribution >= 4 is 23.2 Å². The van der Waals surface area contributed by atoms with E-state index in [1.165, 1.54) is 27.2 Å². The molecule has 0 bridgehead atoms. The highest BCUT2D eigenvalue weighted by Gasteiger charge is 2.19. The second-order valence-corrected chi connectivity index (χ2v) is 3.93. The summed E-state index contributed by atoms with van der Waals surface area (Å²) in [5.74, 6) is 0.112. The molecule has 0 atom stereocenters. The molecule has 1 aromatic carbocycles. The number of carbonyl (C=O) groups is 2. The quantitative estimate of drug-likeness (QED) is 0.600. The molecule has 0 unspecified atom stereocenters. The topological polar surface area (TPSA) is 52.6 Å². The van der Waals surface area contributed by atoms with Crippen molar-refractivity contribution in [3.8, 4) is 11.5 Å². The van der Waals surface area contributed by atoms with Gasteiger partial charge in [0.2, 0.25) is 0 Å². The van der Waals surface area contributed by atoms with Gasteiger partial charge in [-0.2, -0.15) is 0 Å². The molecule has 0 N–H and O–H groups in total. The molecule has 5 heteroatoms. The molecule has 1 aromatic rings. The Hall–Kier alpha value is -1.55. The van der Waals surface area contributed by atoms with E-state index in [1.54, 1.807) is 6.07 Å². The minimum atomic E-state index is -0.338. The van der Waals surface area contributed by atoms with Crippen molar-refractivity contribution in [2.75, 3.05) is 14.2 Å². The first kappa shape index (κ1) is 13.5. The standard InChI is InChI=1S/C12H13ClO4/c1-7(14)4-10(15)9-5-8(13)6-11(16-2)12(9)17-3/h5-6H,4H2,1-3H3. The number of carbonyl (C=O) groups excluding carboxylic acids is 2. The van der Waals surface area contributed by atoms with Crippen molar-refractivity contribution in [2.45, 2.75) is 13.3 Å². The van der Waals surface area contributed by atoms with Crippen LogP contribution in [-0.2, 0) is 4.79 Å². The van der Waals surface area contributed by atoms with Gasteiger partial charge in [0.25, 0.3) is 0 Å². The van der Waals surface area contributed by atoms with E-state index in [4.69, 9.17) is 21.1 Å². The molecule has 4 nitrogen and oxygen atoms in total. The van der Waals surface area contributed by atoms with Crippen LogP contribution in [0, 0.1) is 0 Å². The average molecular weight is 257 g/mol. The second-order valence-electron chi connectivity index (χ2n) is 3.49. The number of hydrogen-bond acceptors (Lipinski definition) is 4. The lowest BCUT2D eigenvalue weighted by Gasteiger charge is -2.12. The Morgan fingerprint density at radius 2 is 1.88 bits per heavy atom. The molecule has 0 spiro atoms. The second kappa shape index (κ2) is 5.68. The van der Waals surface area contributed by atoms with Crippen molar-refractivity contribution in [2.24, 2.45) is 0 Å². The summed E-state index contributed by atoms with van der Waals surface area (Å²) >= 11 is 5.87. The first-order valence-corrected chi connectivity index (χ1v) is 5.31. The lowest BCUT2D eigenvalue weighted by molar-refractivity contribution is -0.116. The minimum Gasteiger partial charge on any atom is -0.493 e. The van der Waals surface area contributed by atoms with E-state index in [0.717, 1.165) is 0 Å². The number of ketones is 2. The smallest absolute Gasteiger partial charge is 0.174 e. The summed E-state index contributed by atoms with van der Waals surface area (Å²) in [6.45, 7) is 1.35. The van der Waals surface area contributed by atoms with Gasteiger partial charge < -0.3 is 9.47 Å². The summed E-state index contributed by atoms with van der Waals surface area (Å²) in [6, 6.07) is 3.01. The molecule has 0 saturated heterocycles. The van der Waals surface area contributed by atoms with Crippen LogP contribution in [0.1, 0.15) is 23.7 Å². The summed E-state index contributed by atoms with van der Waals surface area (Å²) in [6.07, 6.45) is -0.181. The number of benzene rings is 1. The first-order chi connectivity index (χ1) is 7.99. The van der Waals surface area contributed by atoms with Gasteiger partial charge in [-0.15, -0.1) is 0 Å². The lowest BCUT2D eigenvalue weighted by atomic mass is 10.0. The fourth-order valence-electron chi connectivity index (χ4n) is 1.46. The van der Waals surface area contributed by atoms with Gasteiger partial charge in [-0.1, -0.05) is 11.6 Å². The normalized spacial score (nSPS) is 9.88. The zero-order valence-electron chi connectivity index (χ0n) is 9.87. The summed E-state index contributed by atoms with van der Waals surface area (Å²) in [7, 11) is 2.88. The highest BCUT2D eigenvalue weighted by Crippen LogP contribution is 2.35. The van der Waals surface area contributed by atoms with E-state index in [-0.39, 0.29) is 23.6 Å². The van der Waals surface area contributed by atoms with Crippen LogP contribution in [-0.4, -0.2) is 25.8 Å². The Morgan fingerprint density at radius 3 is 2.35 bits per heavy atom. The van der Waals surface area contributed by atoms with Gasteiger partial charge in [-0.05, 0) is 13.0 Å². The van der Waals surface area contributed by atoms with E-state index >= 15 is 0 Å². The Balaban J connectivity index is 3.25. The molecule has 92 valence electrons. The molecule has 0 heterocycles. The van der Waals surface area contributed by atoms with Crippen molar-refractivity contribution in [1.29, 1.82) is 0 Å². The van der Waals surface area contributed by atoms with Gasteiger partial charge in [-0.3, -0.25) is 9.59 Å². The maximum atomic E-state index is 11.8. The fraction of sp³-hybridized carbons (Fsp3) is 0.333. The molecule has 1 rings (SSSR count). The van der Waals surface area contributed by atoms with Gasteiger partial charge in [0, 0.05) is 11.1 Å². The van der Waals surface area contributed by atoms with E-state index < -0.39 is 0 Å². The van der Waals surface area contributed by atoms with Crippen LogP contribution in [0.2, 0.25) is 5.02 Å². The number of rotatable bonds is 5. The van der Waals surface area contributed by atoms with Crippen LogP contribution < -0.4 is 9.47 Å². The molecule has 0 saturated carbocycles. The maximum absolute atomic E-state index is 11.8. The maximum Gasteiger partial charge on any atom is 0.174 e. The molecule has 0 fully saturated rings. The van der Waals surface area contributed by atoms with Crippen LogP contribution in [0.25, 0.3) is 0 Å². The van der Waals surface area contributed by atoms with E-state index in [9.17, 15) is 9.59 Å². The van der Waals surface area contributed by atoms with E-state index in [1.807, 2.05) is 0 Å². The van der Waals surface area contributed by atoms with Gasteiger partial charge in [0.05, 0.1) is 26.2 Å². The average Bonchev–Trinajstić information content (AvgIpc) is 2.26. The summed E-state index contributed by atoms with van der Waals surface area (Å²) in [5.41, 5.74) is 0.257. The van der Waals surface area contributed by atoms with Crippen molar-refractivity contribution < 1.29 is 19.1 Å². The summed E-state index contributed by atoms with van der Waals surface area (Å²) in [5, 5.41) is 0.356. The van der Waals surface area contributed by atoms with Crippen LogP contribution >= 0.6 is 11.6 Å². The molecule has 0 radical (unpaired) electrons. The lowest BCUT2D eigenvalue weighted by Crippen LogP contribution is -2.07. The van der Waals surface area contributed by atoms with Crippen molar-refractivity contribution in [1.82, 2.24) is 0 Å². The fourth-order valence-corrected chi connectivity index (χ4v) is 1.67. The van der Waals surface area contributed by atoms with Crippen LogP contribution in [0.3, 0.4) is 0 Å². The zero-order valence-corrected chi connectivity index (χ0v) is 10.6. The predicted octanol–water partition coefficient (Wildman–Crippen LogP) is 2.52. The van der Waals surface area contributed by atoms with E-state index in [0.29, 0.717) is 16.5 Å². The van der Waals surface area contributed by atoms with Crippen LogP contribution in [0.15, 0.2) is 12.1 Å². The Kier molecular flexibility index (Phi) is 4.52. The van der Waals surface area contributed by atoms with Gasteiger partial charge >= 0.3 is 0 Å². The van der Waals surface area contributed by atoms with Crippen molar-refractivity contribution in [3.05, 3.63) is 22.7 Å². The molecule has 0 aliphatic heterocycles. The Bertz CT molecular complexity index is 454. The van der Waals surface area contributed by atoms with E-state index in [2.05, 4.69) is 0 Å². The third kappa shape index (κ3) is 3.20. The van der Waals surface area contributed by atoms with Gasteiger partial charge in [-0.25, -0.2) is 0 Å². The molecule has 0 aromatic heterocycles. The summed E-state index contributed by atoms with van der Waals surface area (Å²) in [4.78, 5) is 22.8. The third-order valence-corrected chi connectivity index (χ3v) is 2.37. The monoisotopic (exact) mass is 256 g/mol. The molecular formula is C12H13ClO4. The number of halogens is 1. The molecular weight excluding hydrogens is 244 g/mol. The first-order valence-electron chi connectivity index (χ1n) is 4.93. The Labute approximate surface area is 104 Å². The van der Waals surface area contributed by atoms with Gasteiger partial charge in [0.1, 0.15) is 5.78 Å². The molecule has 17 heavy (non-hydrogen) atoms.